The maximum Gasteiger partial charge on any atom is 0.407 e. The molecule has 3 N–H and O–H groups in total. The van der Waals surface area contributed by atoms with E-state index in [4.69, 9.17) is 5.73 Å². The molecule has 0 atom stereocenters. The molecule has 3 rings (SSSR count). The standard InChI is InChI=1S/C12H16F3N3O2S/c13-12(14,15)11(3-4-11)17-21(19,20)10-5-9(6-16)18(7-10)8-1-2-8/h5,7-8,17H,1-4,6,16H2. The predicted molar refractivity (Wildman–Crippen MR) is 68.9 cm³/mol. The molecule has 2 fully saturated rings. The van der Waals surface area contributed by atoms with Crippen LogP contribution in [0.5, 0.6) is 0 Å². The van der Waals surface area contributed by atoms with Gasteiger partial charge in [0, 0.05) is 24.5 Å². The Hall–Kier alpha value is -1.06. The molecule has 0 unspecified atom stereocenters. The van der Waals surface area contributed by atoms with Gasteiger partial charge in [-0.3, -0.25) is 0 Å². The summed E-state index contributed by atoms with van der Waals surface area (Å²) in [7, 11) is -4.20. The first kappa shape index (κ1) is 14.9. The second-order valence-electron chi connectivity index (χ2n) is 5.70. The van der Waals surface area contributed by atoms with Crippen molar-refractivity contribution in [3.8, 4) is 0 Å². The summed E-state index contributed by atoms with van der Waals surface area (Å²) in [5.74, 6) is 0. The van der Waals surface area contributed by atoms with Crippen LogP contribution in [0, 0.1) is 0 Å². The number of alkyl halides is 3. The second-order valence-corrected chi connectivity index (χ2v) is 7.38. The maximum absolute atomic E-state index is 12.9. The highest BCUT2D eigenvalue weighted by molar-refractivity contribution is 7.89. The fourth-order valence-electron chi connectivity index (χ4n) is 2.38. The summed E-state index contributed by atoms with van der Waals surface area (Å²) in [6.45, 7) is 0.149. The minimum Gasteiger partial charge on any atom is -0.346 e. The maximum atomic E-state index is 12.9. The van der Waals surface area contributed by atoms with Gasteiger partial charge in [0.25, 0.3) is 0 Å². The molecule has 0 saturated heterocycles. The predicted octanol–water partition coefficient (Wildman–Crippen LogP) is 1.65. The third-order valence-corrected chi connectivity index (χ3v) is 5.49. The Balaban J connectivity index is 1.89. The molecule has 1 aromatic rings. The summed E-state index contributed by atoms with van der Waals surface area (Å²) in [6.07, 6.45) is -1.77. The van der Waals surface area contributed by atoms with Crippen LogP contribution in [-0.2, 0) is 16.6 Å². The number of hydrogen-bond acceptors (Lipinski definition) is 3. The third-order valence-electron chi connectivity index (χ3n) is 3.99. The highest BCUT2D eigenvalue weighted by atomic mass is 32.2. The van der Waals surface area contributed by atoms with Crippen molar-refractivity contribution < 1.29 is 21.6 Å². The molecule has 1 aromatic heterocycles. The average molecular weight is 323 g/mol. The van der Waals surface area contributed by atoms with E-state index < -0.39 is 21.7 Å². The topological polar surface area (TPSA) is 77.1 Å². The number of rotatable bonds is 5. The first-order valence-corrected chi connectivity index (χ1v) is 8.18. The van der Waals surface area contributed by atoms with E-state index >= 15 is 0 Å². The van der Waals surface area contributed by atoms with E-state index in [1.807, 2.05) is 4.72 Å². The Kier molecular flexibility index (Phi) is 3.16. The lowest BCUT2D eigenvalue weighted by Gasteiger charge is -2.20. The zero-order valence-electron chi connectivity index (χ0n) is 11.2. The van der Waals surface area contributed by atoms with E-state index in [1.54, 1.807) is 4.57 Å². The molecular weight excluding hydrogens is 307 g/mol. The van der Waals surface area contributed by atoms with Gasteiger partial charge in [0.05, 0.1) is 4.90 Å². The first-order chi connectivity index (χ1) is 9.68. The van der Waals surface area contributed by atoms with Crippen LogP contribution >= 0.6 is 0 Å². The normalized spacial score (nSPS) is 21.5. The Morgan fingerprint density at radius 2 is 2.00 bits per heavy atom. The van der Waals surface area contributed by atoms with Gasteiger partial charge in [0.15, 0.2) is 0 Å². The largest absolute Gasteiger partial charge is 0.407 e. The van der Waals surface area contributed by atoms with Crippen molar-refractivity contribution in [3.05, 3.63) is 18.0 Å². The smallest absolute Gasteiger partial charge is 0.346 e. The SMILES string of the molecule is NCc1cc(S(=O)(=O)NC2(C(F)(F)F)CC2)cn1C1CC1. The summed E-state index contributed by atoms with van der Waals surface area (Å²) in [5.41, 5.74) is 3.89. The van der Waals surface area contributed by atoms with E-state index in [1.165, 1.54) is 12.3 Å². The molecule has 0 radical (unpaired) electrons. The van der Waals surface area contributed by atoms with E-state index in [2.05, 4.69) is 0 Å². The molecule has 9 heteroatoms. The minimum atomic E-state index is -4.57. The number of nitrogens with two attached hydrogens (primary N) is 1. The fraction of sp³-hybridized carbons (Fsp3) is 0.667. The Morgan fingerprint density at radius 1 is 1.38 bits per heavy atom. The van der Waals surface area contributed by atoms with Crippen molar-refractivity contribution in [2.75, 3.05) is 0 Å². The van der Waals surface area contributed by atoms with Crippen LogP contribution in [0.2, 0.25) is 0 Å². The molecular formula is C12H16F3N3O2S. The number of aromatic nitrogens is 1. The van der Waals surface area contributed by atoms with Crippen molar-refractivity contribution in [2.45, 2.75) is 54.9 Å². The molecule has 21 heavy (non-hydrogen) atoms. The van der Waals surface area contributed by atoms with Gasteiger partial charge in [-0.2, -0.15) is 17.9 Å². The lowest BCUT2D eigenvalue weighted by Crippen LogP contribution is -2.47. The summed E-state index contributed by atoms with van der Waals surface area (Å²) < 4.78 is 66.6. The Morgan fingerprint density at radius 3 is 2.43 bits per heavy atom. The van der Waals surface area contributed by atoms with E-state index in [-0.39, 0.29) is 30.3 Å². The van der Waals surface area contributed by atoms with Gasteiger partial charge in [0.2, 0.25) is 10.0 Å². The van der Waals surface area contributed by atoms with Gasteiger partial charge in [-0.25, -0.2) is 8.42 Å². The van der Waals surface area contributed by atoms with E-state index in [0.29, 0.717) is 5.69 Å². The highest BCUT2D eigenvalue weighted by Gasteiger charge is 2.65. The highest BCUT2D eigenvalue weighted by Crippen LogP contribution is 2.49. The van der Waals surface area contributed by atoms with Gasteiger partial charge in [-0.15, -0.1) is 0 Å². The van der Waals surface area contributed by atoms with Crippen LogP contribution in [0.3, 0.4) is 0 Å². The molecule has 2 aliphatic carbocycles. The van der Waals surface area contributed by atoms with Gasteiger partial charge in [0.1, 0.15) is 5.54 Å². The first-order valence-electron chi connectivity index (χ1n) is 6.70. The molecule has 0 aliphatic heterocycles. The molecule has 0 aromatic carbocycles. The number of nitrogens with zero attached hydrogens (tertiary/aromatic N) is 1. The summed E-state index contributed by atoms with van der Waals surface area (Å²) in [5, 5.41) is 0. The summed E-state index contributed by atoms with van der Waals surface area (Å²) in [4.78, 5) is -0.148. The van der Waals surface area contributed by atoms with Crippen molar-refractivity contribution in [1.29, 1.82) is 0 Å². The number of nitrogens with one attached hydrogen (secondary N) is 1. The number of halogens is 3. The third kappa shape index (κ3) is 2.58. The van der Waals surface area contributed by atoms with Crippen LogP contribution in [0.25, 0.3) is 0 Å². The Labute approximate surface area is 120 Å². The van der Waals surface area contributed by atoms with Crippen molar-refractivity contribution in [1.82, 2.24) is 9.29 Å². The van der Waals surface area contributed by atoms with Crippen molar-refractivity contribution in [2.24, 2.45) is 5.73 Å². The Bertz CT molecular complexity index is 658. The zero-order valence-corrected chi connectivity index (χ0v) is 12.0. The van der Waals surface area contributed by atoms with Crippen molar-refractivity contribution >= 4 is 10.0 Å². The molecule has 118 valence electrons. The van der Waals surface area contributed by atoms with E-state index in [0.717, 1.165) is 12.8 Å². The van der Waals surface area contributed by atoms with Crippen molar-refractivity contribution in [3.63, 3.8) is 0 Å². The quantitative estimate of drug-likeness (QED) is 0.865. The second kappa shape index (κ2) is 4.47. The van der Waals surface area contributed by atoms with Crippen LogP contribution in [0.1, 0.15) is 37.4 Å². The molecule has 0 spiro atoms. The molecule has 1 heterocycles. The van der Waals surface area contributed by atoms with Crippen LogP contribution in [-0.4, -0.2) is 24.7 Å². The number of sulfonamides is 1. The van der Waals surface area contributed by atoms with Crippen LogP contribution in [0.15, 0.2) is 17.2 Å². The monoisotopic (exact) mass is 323 g/mol. The van der Waals surface area contributed by atoms with Gasteiger partial charge >= 0.3 is 6.18 Å². The van der Waals surface area contributed by atoms with E-state index in [9.17, 15) is 21.6 Å². The van der Waals surface area contributed by atoms with Gasteiger partial charge < -0.3 is 10.3 Å². The summed E-state index contributed by atoms with van der Waals surface area (Å²) >= 11 is 0. The van der Waals surface area contributed by atoms with Crippen LogP contribution < -0.4 is 10.5 Å². The molecule has 2 saturated carbocycles. The number of hydrogen-bond donors (Lipinski definition) is 2. The minimum absolute atomic E-state index is 0.148. The lowest BCUT2D eigenvalue weighted by atomic mass is 10.3. The molecule has 2 aliphatic rings. The van der Waals surface area contributed by atoms with Gasteiger partial charge in [-0.1, -0.05) is 0 Å². The fourth-order valence-corrected chi connectivity index (χ4v) is 3.88. The van der Waals surface area contributed by atoms with Crippen LogP contribution in [0.4, 0.5) is 13.2 Å². The average Bonchev–Trinajstić information content (AvgIpc) is 3.28. The van der Waals surface area contributed by atoms with Gasteiger partial charge in [-0.05, 0) is 31.7 Å². The lowest BCUT2D eigenvalue weighted by molar-refractivity contribution is -0.160. The zero-order chi connectivity index (χ0) is 15.5. The molecule has 0 amide bonds. The summed E-state index contributed by atoms with van der Waals surface area (Å²) in [6, 6.07) is 1.57. The molecule has 0 bridgehead atoms. The molecule has 5 nitrogen and oxygen atoms in total.